The van der Waals surface area contributed by atoms with Crippen LogP contribution in [-0.2, 0) is 24.4 Å². The molecule has 0 fully saturated rings. The van der Waals surface area contributed by atoms with Crippen LogP contribution in [0.3, 0.4) is 0 Å². The number of carbonyl (C=O) groups is 1. The summed E-state index contributed by atoms with van der Waals surface area (Å²) in [6, 6.07) is 23.1. The Kier molecular flexibility index (Phi) is 13.6. The topological polar surface area (TPSA) is 25.2 Å². The zero-order chi connectivity index (χ0) is 26.1. The highest BCUT2D eigenvalue weighted by atomic mass is 79.9. The van der Waals surface area contributed by atoms with Gasteiger partial charge in [0.05, 0.1) is 6.54 Å². The maximum Gasteiger partial charge on any atom is 0.223 e. The van der Waals surface area contributed by atoms with Crippen molar-refractivity contribution in [2.45, 2.75) is 104 Å². The Hall–Kier alpha value is -2.33. The third-order valence-corrected chi connectivity index (χ3v) is 7.63. The van der Waals surface area contributed by atoms with Gasteiger partial charge in [0.25, 0.3) is 0 Å². The quantitative estimate of drug-likeness (QED) is 0.141. The van der Waals surface area contributed by atoms with Crippen LogP contribution in [-0.4, -0.2) is 15.4 Å². The lowest BCUT2D eigenvalue weighted by Crippen LogP contribution is -2.30. The minimum atomic E-state index is 0.260. The lowest BCUT2D eigenvalue weighted by Gasteiger charge is -2.24. The molecule has 0 spiro atoms. The lowest BCUT2D eigenvalue weighted by molar-refractivity contribution is -0.132. The molecule has 0 aliphatic carbocycles. The van der Waals surface area contributed by atoms with Crippen molar-refractivity contribution in [3.63, 3.8) is 0 Å². The standard InChI is InChI=1S/C33H45BrN2O/c1-2-3-4-5-6-7-8-9-10-11-15-20-33(37)36(27-29-17-13-12-14-18-29)28-32-19-16-25-35(32)26-30-21-23-31(34)24-22-30/h12-14,16-19,21-25H,2-11,15,20,26-28H2,1H3. The summed E-state index contributed by atoms with van der Waals surface area (Å²) in [6.45, 7) is 4.37. The molecule has 1 amide bonds. The largest absolute Gasteiger partial charge is 0.345 e. The number of hydrogen-bond donors (Lipinski definition) is 0. The van der Waals surface area contributed by atoms with E-state index in [9.17, 15) is 4.79 Å². The molecule has 3 aromatic rings. The van der Waals surface area contributed by atoms with E-state index in [4.69, 9.17) is 0 Å². The van der Waals surface area contributed by atoms with Crippen LogP contribution in [0.1, 0.15) is 101 Å². The molecule has 0 aliphatic rings. The summed E-state index contributed by atoms with van der Waals surface area (Å²) in [7, 11) is 0. The third kappa shape index (κ3) is 11.3. The van der Waals surface area contributed by atoms with Gasteiger partial charge in [0.15, 0.2) is 0 Å². The summed E-state index contributed by atoms with van der Waals surface area (Å²) in [5.41, 5.74) is 3.61. The van der Waals surface area contributed by atoms with Gasteiger partial charge in [0.1, 0.15) is 0 Å². The molecule has 0 N–H and O–H groups in total. The lowest BCUT2D eigenvalue weighted by atomic mass is 10.0. The Balaban J connectivity index is 1.48. The van der Waals surface area contributed by atoms with Gasteiger partial charge < -0.3 is 9.47 Å². The predicted molar refractivity (Wildman–Crippen MR) is 159 cm³/mol. The Morgan fingerprint density at radius 2 is 1.32 bits per heavy atom. The van der Waals surface area contributed by atoms with Gasteiger partial charge >= 0.3 is 0 Å². The van der Waals surface area contributed by atoms with E-state index < -0.39 is 0 Å². The van der Waals surface area contributed by atoms with E-state index in [0.717, 1.165) is 23.9 Å². The number of nitrogens with zero attached hydrogens (tertiary/aromatic N) is 2. The molecule has 200 valence electrons. The third-order valence-electron chi connectivity index (χ3n) is 7.11. The second-order valence-electron chi connectivity index (χ2n) is 10.3. The molecule has 0 bridgehead atoms. The molecule has 0 aliphatic heterocycles. The molecule has 4 heteroatoms. The van der Waals surface area contributed by atoms with Gasteiger partial charge in [0.2, 0.25) is 5.91 Å². The summed E-state index contributed by atoms with van der Waals surface area (Å²) >= 11 is 3.52. The van der Waals surface area contributed by atoms with Crippen molar-refractivity contribution < 1.29 is 4.79 Å². The first-order valence-corrected chi connectivity index (χ1v) is 15.1. The van der Waals surface area contributed by atoms with Gasteiger partial charge in [-0.25, -0.2) is 0 Å². The molecule has 3 rings (SSSR count). The monoisotopic (exact) mass is 564 g/mol. The maximum atomic E-state index is 13.4. The molecule has 0 atom stereocenters. The number of rotatable bonds is 18. The van der Waals surface area contributed by atoms with Crippen LogP contribution in [0.4, 0.5) is 0 Å². The van der Waals surface area contributed by atoms with Gasteiger partial charge in [-0.3, -0.25) is 4.79 Å². The summed E-state index contributed by atoms with van der Waals surface area (Å²) in [5, 5.41) is 0. The van der Waals surface area contributed by atoms with Gasteiger partial charge in [-0.2, -0.15) is 0 Å². The summed E-state index contributed by atoms with van der Waals surface area (Å²) < 4.78 is 3.35. The van der Waals surface area contributed by atoms with Crippen molar-refractivity contribution in [1.29, 1.82) is 0 Å². The number of benzene rings is 2. The first kappa shape index (κ1) is 29.2. The van der Waals surface area contributed by atoms with Crippen molar-refractivity contribution in [1.82, 2.24) is 9.47 Å². The van der Waals surface area contributed by atoms with Crippen LogP contribution < -0.4 is 0 Å². The molecule has 0 saturated carbocycles. The van der Waals surface area contributed by atoms with Crippen molar-refractivity contribution in [2.24, 2.45) is 0 Å². The Labute approximate surface area is 233 Å². The smallest absolute Gasteiger partial charge is 0.223 e. The van der Waals surface area contributed by atoms with Crippen molar-refractivity contribution in [3.05, 3.63) is 94.2 Å². The molecular weight excluding hydrogens is 520 g/mol. The second-order valence-corrected chi connectivity index (χ2v) is 11.2. The van der Waals surface area contributed by atoms with Crippen molar-refractivity contribution >= 4 is 21.8 Å². The van der Waals surface area contributed by atoms with Crippen LogP contribution >= 0.6 is 15.9 Å². The van der Waals surface area contributed by atoms with E-state index in [1.165, 1.54) is 74.6 Å². The molecule has 1 heterocycles. The van der Waals surface area contributed by atoms with Gasteiger partial charge in [-0.15, -0.1) is 0 Å². The summed E-state index contributed by atoms with van der Waals surface area (Å²) in [6.07, 6.45) is 17.0. The summed E-state index contributed by atoms with van der Waals surface area (Å²) in [4.78, 5) is 15.4. The number of hydrogen-bond acceptors (Lipinski definition) is 1. The number of aromatic nitrogens is 1. The minimum absolute atomic E-state index is 0.260. The zero-order valence-electron chi connectivity index (χ0n) is 22.7. The molecule has 37 heavy (non-hydrogen) atoms. The molecule has 0 unspecified atom stereocenters. The Bertz CT molecular complexity index is 1010. The van der Waals surface area contributed by atoms with E-state index in [-0.39, 0.29) is 5.91 Å². The maximum absolute atomic E-state index is 13.4. The molecule has 1 aromatic heterocycles. The molecule has 3 nitrogen and oxygen atoms in total. The summed E-state index contributed by atoms with van der Waals surface area (Å²) in [5.74, 6) is 0.260. The molecule has 0 saturated heterocycles. The fourth-order valence-electron chi connectivity index (χ4n) is 4.86. The van der Waals surface area contributed by atoms with E-state index >= 15 is 0 Å². The number of amides is 1. The van der Waals surface area contributed by atoms with Crippen LogP contribution in [0.25, 0.3) is 0 Å². The molecular formula is C33H45BrN2O. The van der Waals surface area contributed by atoms with Gasteiger partial charge in [0, 0.05) is 35.9 Å². The van der Waals surface area contributed by atoms with Crippen molar-refractivity contribution in [3.8, 4) is 0 Å². The fraction of sp³-hybridized carbons (Fsp3) is 0.485. The van der Waals surface area contributed by atoms with E-state index in [1.54, 1.807) is 0 Å². The zero-order valence-corrected chi connectivity index (χ0v) is 24.3. The van der Waals surface area contributed by atoms with Crippen molar-refractivity contribution in [2.75, 3.05) is 0 Å². The second kappa shape index (κ2) is 17.2. The van der Waals surface area contributed by atoms with E-state index in [0.29, 0.717) is 19.5 Å². The van der Waals surface area contributed by atoms with Crippen LogP contribution in [0.2, 0.25) is 0 Å². The average Bonchev–Trinajstić information content (AvgIpc) is 3.35. The predicted octanol–water partition coefficient (Wildman–Crippen LogP) is 9.53. The number of halogens is 1. The fourth-order valence-corrected chi connectivity index (χ4v) is 5.13. The SMILES string of the molecule is CCCCCCCCCCCCCC(=O)N(Cc1ccccc1)Cc1cccn1Cc1ccc(Br)cc1. The van der Waals surface area contributed by atoms with Gasteiger partial charge in [-0.05, 0) is 41.8 Å². The van der Waals surface area contributed by atoms with Crippen LogP contribution in [0.5, 0.6) is 0 Å². The van der Waals surface area contributed by atoms with Crippen LogP contribution in [0.15, 0.2) is 77.4 Å². The Morgan fingerprint density at radius 1 is 0.703 bits per heavy atom. The highest BCUT2D eigenvalue weighted by molar-refractivity contribution is 9.10. The highest BCUT2D eigenvalue weighted by Gasteiger charge is 2.16. The first-order chi connectivity index (χ1) is 18.2. The Morgan fingerprint density at radius 3 is 1.97 bits per heavy atom. The number of unbranched alkanes of at least 4 members (excludes halogenated alkanes) is 10. The normalized spacial score (nSPS) is 11.1. The van der Waals surface area contributed by atoms with Gasteiger partial charge in [-0.1, -0.05) is 130 Å². The molecule has 0 radical (unpaired) electrons. The molecule has 2 aromatic carbocycles. The minimum Gasteiger partial charge on any atom is -0.345 e. The van der Waals surface area contributed by atoms with Crippen LogP contribution in [0, 0.1) is 0 Å². The van der Waals surface area contributed by atoms with E-state index in [1.807, 2.05) is 11.0 Å². The highest BCUT2D eigenvalue weighted by Crippen LogP contribution is 2.18. The van der Waals surface area contributed by atoms with E-state index in [2.05, 4.69) is 94.3 Å². The first-order valence-electron chi connectivity index (χ1n) is 14.4. The average molecular weight is 566 g/mol. The number of carbonyl (C=O) groups excluding carboxylic acids is 1.